The number of ketones is 1. The average Bonchev–Trinajstić information content (AvgIpc) is 3.46. The molecule has 8 heteroatoms. The maximum Gasteiger partial charge on any atom is 0.296 e. The van der Waals surface area contributed by atoms with Gasteiger partial charge in [-0.25, -0.2) is 0 Å². The van der Waals surface area contributed by atoms with Gasteiger partial charge in [-0.3, -0.25) is 9.59 Å². The normalized spacial score (nSPS) is 18.9. The molecule has 3 aromatic rings. The number of Topliss-reactive ketones (excluding diaryl/α,β-unsaturated/α-hetero) is 1. The summed E-state index contributed by atoms with van der Waals surface area (Å²) in [5, 5.41) is 11.3. The fourth-order valence-electron chi connectivity index (χ4n) is 4.26. The van der Waals surface area contributed by atoms with Gasteiger partial charge in [0.2, 0.25) is 0 Å². The van der Waals surface area contributed by atoms with E-state index in [9.17, 15) is 14.7 Å². The first-order valence-electron chi connectivity index (χ1n) is 10.9. The standard InChI is InChI=1S/C26H24N2O6/c1-27(2)18-8-5-16(6-9-18)23-22(25(30)26(31)28(23)15-19-4-3-11-32-19)24(29)17-7-10-20-21(14-17)34-13-12-33-20/h3-11,14,23,29H,12-13,15H2,1-2H3/t23-/m1/s1. The molecule has 3 heterocycles. The highest BCUT2D eigenvalue weighted by molar-refractivity contribution is 6.46. The number of anilines is 1. The molecule has 0 bridgehead atoms. The van der Waals surface area contributed by atoms with Crippen LogP contribution in [0.3, 0.4) is 0 Å². The molecule has 174 valence electrons. The lowest BCUT2D eigenvalue weighted by molar-refractivity contribution is -0.140. The summed E-state index contributed by atoms with van der Waals surface area (Å²) >= 11 is 0. The van der Waals surface area contributed by atoms with Crippen LogP contribution in [0.2, 0.25) is 0 Å². The number of aliphatic hydroxyl groups excluding tert-OH is 1. The molecule has 1 aromatic heterocycles. The van der Waals surface area contributed by atoms with Crippen LogP contribution in [0.5, 0.6) is 11.5 Å². The number of fused-ring (bicyclic) bond motifs is 1. The molecule has 5 rings (SSSR count). The van der Waals surface area contributed by atoms with Crippen molar-refractivity contribution in [3.8, 4) is 11.5 Å². The molecule has 8 nitrogen and oxygen atoms in total. The number of likely N-dealkylation sites (tertiary alicyclic amines) is 1. The van der Waals surface area contributed by atoms with Crippen molar-refractivity contribution < 1.29 is 28.6 Å². The monoisotopic (exact) mass is 460 g/mol. The highest BCUT2D eigenvalue weighted by Gasteiger charge is 2.46. The smallest absolute Gasteiger partial charge is 0.296 e. The minimum Gasteiger partial charge on any atom is -0.507 e. The molecule has 0 spiro atoms. The van der Waals surface area contributed by atoms with Crippen LogP contribution in [0.1, 0.15) is 22.9 Å². The van der Waals surface area contributed by atoms with E-state index in [2.05, 4.69) is 0 Å². The summed E-state index contributed by atoms with van der Waals surface area (Å²) in [5.41, 5.74) is 2.06. The Kier molecular flexibility index (Phi) is 5.49. The predicted octanol–water partition coefficient (Wildman–Crippen LogP) is 3.74. The zero-order valence-corrected chi connectivity index (χ0v) is 18.9. The average molecular weight is 460 g/mol. The number of nitrogens with zero attached hydrogens (tertiary/aromatic N) is 2. The molecule has 0 saturated carbocycles. The van der Waals surface area contributed by atoms with Crippen LogP contribution >= 0.6 is 0 Å². The molecular weight excluding hydrogens is 436 g/mol. The van der Waals surface area contributed by atoms with Gasteiger partial charge < -0.3 is 28.8 Å². The highest BCUT2D eigenvalue weighted by Crippen LogP contribution is 2.42. The zero-order valence-electron chi connectivity index (χ0n) is 18.9. The SMILES string of the molecule is CN(C)c1ccc([C@@H]2C(=C(O)c3ccc4c(c3)OCCO4)C(=O)C(=O)N2Cc2ccco2)cc1. The Morgan fingerprint density at radius 1 is 1.03 bits per heavy atom. The lowest BCUT2D eigenvalue weighted by atomic mass is 9.95. The maximum atomic E-state index is 13.2. The van der Waals surface area contributed by atoms with E-state index in [1.54, 1.807) is 30.3 Å². The van der Waals surface area contributed by atoms with Crippen molar-refractivity contribution in [1.29, 1.82) is 0 Å². The van der Waals surface area contributed by atoms with Gasteiger partial charge >= 0.3 is 0 Å². The Bertz CT molecular complexity index is 1260. The molecule has 1 atom stereocenters. The van der Waals surface area contributed by atoms with E-state index >= 15 is 0 Å². The molecule has 2 aromatic carbocycles. The van der Waals surface area contributed by atoms with Crippen molar-refractivity contribution in [2.45, 2.75) is 12.6 Å². The van der Waals surface area contributed by atoms with Crippen molar-refractivity contribution in [1.82, 2.24) is 4.90 Å². The van der Waals surface area contributed by atoms with Crippen LogP contribution in [0.25, 0.3) is 5.76 Å². The van der Waals surface area contributed by atoms with Crippen molar-refractivity contribution in [3.63, 3.8) is 0 Å². The molecule has 0 unspecified atom stereocenters. The number of ether oxygens (including phenoxy) is 2. The molecule has 2 aliphatic rings. The van der Waals surface area contributed by atoms with Crippen molar-refractivity contribution >= 4 is 23.1 Å². The number of benzene rings is 2. The summed E-state index contributed by atoms with van der Waals surface area (Å²) in [6.45, 7) is 0.928. The number of carbonyl (C=O) groups is 2. The molecule has 1 N–H and O–H groups in total. The molecule has 34 heavy (non-hydrogen) atoms. The number of hydrogen-bond donors (Lipinski definition) is 1. The van der Waals surface area contributed by atoms with E-state index in [1.807, 2.05) is 43.3 Å². The number of rotatable bonds is 5. The van der Waals surface area contributed by atoms with Gasteiger partial charge in [0, 0.05) is 25.3 Å². The van der Waals surface area contributed by atoms with E-state index in [1.165, 1.54) is 11.2 Å². The van der Waals surface area contributed by atoms with Gasteiger partial charge in [-0.05, 0) is 48.0 Å². The predicted molar refractivity (Wildman–Crippen MR) is 125 cm³/mol. The highest BCUT2D eigenvalue weighted by atomic mass is 16.6. The van der Waals surface area contributed by atoms with E-state index in [4.69, 9.17) is 13.9 Å². The van der Waals surface area contributed by atoms with Gasteiger partial charge in [0.05, 0.1) is 24.4 Å². The largest absolute Gasteiger partial charge is 0.507 e. The van der Waals surface area contributed by atoms with Crippen molar-refractivity contribution in [3.05, 3.63) is 83.3 Å². The molecule has 2 aliphatic heterocycles. The van der Waals surface area contributed by atoms with Gasteiger partial charge in [-0.15, -0.1) is 0 Å². The second-order valence-corrected chi connectivity index (χ2v) is 8.35. The summed E-state index contributed by atoms with van der Waals surface area (Å²) in [5.74, 6) is -0.128. The van der Waals surface area contributed by atoms with Crippen LogP contribution in [-0.2, 0) is 16.1 Å². The van der Waals surface area contributed by atoms with Crippen LogP contribution in [0, 0.1) is 0 Å². The number of carbonyl (C=O) groups excluding carboxylic acids is 2. The third-order valence-corrected chi connectivity index (χ3v) is 5.99. The van der Waals surface area contributed by atoms with Crippen LogP contribution in [0.4, 0.5) is 5.69 Å². The van der Waals surface area contributed by atoms with Gasteiger partial charge in [-0.2, -0.15) is 0 Å². The Morgan fingerprint density at radius 3 is 2.44 bits per heavy atom. The van der Waals surface area contributed by atoms with Gasteiger partial charge in [0.15, 0.2) is 11.5 Å². The van der Waals surface area contributed by atoms with E-state index in [-0.39, 0.29) is 17.9 Å². The van der Waals surface area contributed by atoms with Crippen LogP contribution in [-0.4, -0.2) is 49.0 Å². The zero-order chi connectivity index (χ0) is 23.8. The van der Waals surface area contributed by atoms with Gasteiger partial charge in [0.1, 0.15) is 24.7 Å². The van der Waals surface area contributed by atoms with Crippen molar-refractivity contribution in [2.24, 2.45) is 0 Å². The lowest BCUT2D eigenvalue weighted by Gasteiger charge is -2.25. The summed E-state index contributed by atoms with van der Waals surface area (Å²) < 4.78 is 16.6. The third-order valence-electron chi connectivity index (χ3n) is 5.99. The summed E-state index contributed by atoms with van der Waals surface area (Å²) in [7, 11) is 3.86. The summed E-state index contributed by atoms with van der Waals surface area (Å²) in [6, 6.07) is 15.2. The fraction of sp³-hybridized carbons (Fsp3) is 0.231. The quantitative estimate of drug-likeness (QED) is 0.352. The molecular formula is C26H24N2O6. The molecule has 1 saturated heterocycles. The Balaban J connectivity index is 1.62. The van der Waals surface area contributed by atoms with Crippen LogP contribution < -0.4 is 14.4 Å². The van der Waals surface area contributed by atoms with E-state index in [0.29, 0.717) is 41.6 Å². The first-order valence-corrected chi connectivity index (χ1v) is 10.9. The summed E-state index contributed by atoms with van der Waals surface area (Å²) in [4.78, 5) is 29.7. The fourth-order valence-corrected chi connectivity index (χ4v) is 4.26. The number of amides is 1. The number of hydrogen-bond acceptors (Lipinski definition) is 7. The Morgan fingerprint density at radius 2 is 1.76 bits per heavy atom. The number of furan rings is 1. The Labute approximate surface area is 196 Å². The van der Waals surface area contributed by atoms with E-state index < -0.39 is 17.7 Å². The minimum absolute atomic E-state index is 0.0193. The third kappa shape index (κ3) is 3.77. The maximum absolute atomic E-state index is 13.2. The lowest BCUT2D eigenvalue weighted by Crippen LogP contribution is -2.29. The first kappa shape index (κ1) is 21.6. The second kappa shape index (κ2) is 8.62. The van der Waals surface area contributed by atoms with Gasteiger partial charge in [0.25, 0.3) is 11.7 Å². The summed E-state index contributed by atoms with van der Waals surface area (Å²) in [6.07, 6.45) is 1.52. The topological polar surface area (TPSA) is 92.5 Å². The van der Waals surface area contributed by atoms with Gasteiger partial charge in [-0.1, -0.05) is 12.1 Å². The van der Waals surface area contributed by atoms with Crippen molar-refractivity contribution in [2.75, 3.05) is 32.2 Å². The molecule has 1 fully saturated rings. The molecule has 1 amide bonds. The molecule has 0 aliphatic carbocycles. The van der Waals surface area contributed by atoms with Crippen LogP contribution in [0.15, 0.2) is 70.9 Å². The van der Waals surface area contributed by atoms with E-state index in [0.717, 1.165) is 5.69 Å². The minimum atomic E-state index is -0.783. The second-order valence-electron chi connectivity index (χ2n) is 8.35. The first-order chi connectivity index (χ1) is 16.4. The Hall–Kier alpha value is -4.20. The number of aliphatic hydroxyl groups is 1. The molecule has 0 radical (unpaired) electrons.